The molecule has 5 rings (SSSR count). The first kappa shape index (κ1) is 23.3. The maximum atomic E-state index is 13.3. The Morgan fingerprint density at radius 3 is 2.51 bits per heavy atom. The number of rotatable bonds is 6. The van der Waals surface area contributed by atoms with Gasteiger partial charge in [-0.25, -0.2) is 4.98 Å². The van der Waals surface area contributed by atoms with Crippen molar-refractivity contribution in [1.29, 1.82) is 0 Å². The van der Waals surface area contributed by atoms with E-state index in [-0.39, 0.29) is 11.5 Å². The summed E-state index contributed by atoms with van der Waals surface area (Å²) in [7, 11) is 1.79. The molecule has 8 heteroatoms. The molecule has 0 saturated carbocycles. The van der Waals surface area contributed by atoms with Gasteiger partial charge in [-0.15, -0.1) is 11.3 Å². The summed E-state index contributed by atoms with van der Waals surface area (Å²) in [5, 5.41) is 0.499. The maximum Gasteiger partial charge on any atom is 0.264 e. The smallest absolute Gasteiger partial charge is 0.264 e. The molecule has 1 N–H and O–H groups in total. The number of carbonyl (C=O) groups is 1. The standard InChI is InChI=1S/C27H28N4O3S/c1-18-23-25(32)28-22(16-19-6-4-3-5-7-19)29-26(23)35-24(18)27(33)30(2)17-20-8-10-21(11-9-20)31-12-14-34-15-13-31/h3-11H,12-17H2,1-2H3,(H,28,29,32). The number of nitrogens with one attached hydrogen (secondary N) is 1. The SMILES string of the molecule is Cc1c(C(=O)N(C)Cc2ccc(N3CCOCC3)cc2)sc2nc(Cc3ccccc3)[nH]c(=O)c12. The highest BCUT2D eigenvalue weighted by Crippen LogP contribution is 2.29. The first-order valence-electron chi connectivity index (χ1n) is 11.7. The van der Waals surface area contributed by atoms with Crippen molar-refractivity contribution in [2.24, 2.45) is 0 Å². The second kappa shape index (κ2) is 10.0. The number of amides is 1. The maximum absolute atomic E-state index is 13.3. The quantitative estimate of drug-likeness (QED) is 0.444. The normalized spacial score (nSPS) is 13.8. The van der Waals surface area contributed by atoms with Gasteiger partial charge in [0.1, 0.15) is 10.7 Å². The Balaban J connectivity index is 1.33. The predicted molar refractivity (Wildman–Crippen MR) is 139 cm³/mol. The van der Waals surface area contributed by atoms with Crippen molar-refractivity contribution < 1.29 is 9.53 Å². The number of thiophene rings is 1. The molecule has 35 heavy (non-hydrogen) atoms. The van der Waals surface area contributed by atoms with Crippen LogP contribution in [-0.2, 0) is 17.7 Å². The molecule has 0 spiro atoms. The number of ether oxygens (including phenoxy) is 1. The lowest BCUT2D eigenvalue weighted by Crippen LogP contribution is -2.36. The van der Waals surface area contributed by atoms with Crippen LogP contribution in [0.15, 0.2) is 59.4 Å². The molecule has 1 aliphatic rings. The van der Waals surface area contributed by atoms with Gasteiger partial charge in [-0.3, -0.25) is 9.59 Å². The van der Waals surface area contributed by atoms with Crippen molar-refractivity contribution in [3.8, 4) is 0 Å². The summed E-state index contributed by atoms with van der Waals surface area (Å²) >= 11 is 1.29. The van der Waals surface area contributed by atoms with Crippen LogP contribution in [0.4, 0.5) is 5.69 Å². The molecule has 2 aromatic carbocycles. The van der Waals surface area contributed by atoms with Gasteiger partial charge in [-0.2, -0.15) is 0 Å². The third-order valence-electron chi connectivity index (χ3n) is 6.34. The number of hydrogen-bond donors (Lipinski definition) is 1. The minimum Gasteiger partial charge on any atom is -0.378 e. The molecule has 7 nitrogen and oxygen atoms in total. The van der Waals surface area contributed by atoms with Crippen LogP contribution in [0.3, 0.4) is 0 Å². The average Bonchev–Trinajstić information content (AvgIpc) is 3.21. The molecular formula is C27H28N4O3S. The van der Waals surface area contributed by atoms with E-state index in [4.69, 9.17) is 4.74 Å². The zero-order valence-electron chi connectivity index (χ0n) is 19.9. The summed E-state index contributed by atoms with van der Waals surface area (Å²) in [6, 6.07) is 18.2. The van der Waals surface area contributed by atoms with Crippen LogP contribution >= 0.6 is 11.3 Å². The van der Waals surface area contributed by atoms with Crippen LogP contribution in [0.25, 0.3) is 10.2 Å². The molecule has 1 fully saturated rings. The molecule has 1 amide bonds. The Hall–Kier alpha value is -3.49. The zero-order chi connectivity index (χ0) is 24.4. The minimum atomic E-state index is -0.199. The van der Waals surface area contributed by atoms with Crippen molar-refractivity contribution in [2.75, 3.05) is 38.3 Å². The monoisotopic (exact) mass is 488 g/mol. The van der Waals surface area contributed by atoms with E-state index in [1.54, 1.807) is 11.9 Å². The van der Waals surface area contributed by atoms with E-state index >= 15 is 0 Å². The Kier molecular flexibility index (Phi) is 6.66. The first-order valence-corrected chi connectivity index (χ1v) is 12.5. The highest BCUT2D eigenvalue weighted by Gasteiger charge is 2.22. The molecule has 2 aromatic heterocycles. The number of hydrogen-bond acceptors (Lipinski definition) is 6. The van der Waals surface area contributed by atoms with Crippen LogP contribution < -0.4 is 10.5 Å². The lowest BCUT2D eigenvalue weighted by atomic mass is 10.1. The summed E-state index contributed by atoms with van der Waals surface area (Å²) in [6.45, 7) is 5.59. The van der Waals surface area contributed by atoms with E-state index < -0.39 is 0 Å². The van der Waals surface area contributed by atoms with E-state index in [0.29, 0.717) is 39.4 Å². The van der Waals surface area contributed by atoms with Crippen molar-refractivity contribution >= 4 is 33.1 Å². The molecule has 3 heterocycles. The van der Waals surface area contributed by atoms with E-state index in [1.165, 1.54) is 17.0 Å². The van der Waals surface area contributed by atoms with Gasteiger partial charge in [0.15, 0.2) is 0 Å². The number of fused-ring (bicyclic) bond motifs is 1. The Morgan fingerprint density at radius 2 is 1.80 bits per heavy atom. The second-order valence-electron chi connectivity index (χ2n) is 8.84. The summed E-state index contributed by atoms with van der Waals surface area (Å²) in [5.74, 6) is 0.495. The fourth-order valence-corrected chi connectivity index (χ4v) is 5.61. The number of H-pyrrole nitrogens is 1. The van der Waals surface area contributed by atoms with Crippen LogP contribution in [0, 0.1) is 6.92 Å². The Bertz CT molecular complexity index is 1390. The molecular weight excluding hydrogens is 460 g/mol. The molecule has 180 valence electrons. The highest BCUT2D eigenvalue weighted by molar-refractivity contribution is 7.20. The number of aryl methyl sites for hydroxylation is 1. The summed E-state index contributed by atoms with van der Waals surface area (Å²) in [4.78, 5) is 38.9. The van der Waals surface area contributed by atoms with Gasteiger partial charge < -0.3 is 19.5 Å². The molecule has 0 aliphatic carbocycles. The molecule has 0 bridgehead atoms. The van der Waals surface area contributed by atoms with Gasteiger partial charge in [-0.1, -0.05) is 42.5 Å². The highest BCUT2D eigenvalue weighted by atomic mass is 32.1. The van der Waals surface area contributed by atoms with Crippen LogP contribution in [0.5, 0.6) is 0 Å². The van der Waals surface area contributed by atoms with Crippen molar-refractivity contribution in [2.45, 2.75) is 19.9 Å². The van der Waals surface area contributed by atoms with E-state index in [0.717, 1.165) is 37.4 Å². The number of morpholine rings is 1. The third-order valence-corrected chi connectivity index (χ3v) is 7.51. The second-order valence-corrected chi connectivity index (χ2v) is 9.84. The fourth-order valence-electron chi connectivity index (χ4n) is 4.42. The molecule has 1 saturated heterocycles. The van der Waals surface area contributed by atoms with Gasteiger partial charge in [0.05, 0.1) is 23.5 Å². The summed E-state index contributed by atoms with van der Waals surface area (Å²) in [5.41, 5.74) is 3.78. The van der Waals surface area contributed by atoms with Gasteiger partial charge in [-0.05, 0) is 35.7 Å². The molecule has 0 atom stereocenters. The number of benzene rings is 2. The minimum absolute atomic E-state index is 0.105. The number of nitrogens with zero attached hydrogens (tertiary/aromatic N) is 3. The summed E-state index contributed by atoms with van der Waals surface area (Å²) < 4.78 is 5.43. The Labute approximate surface area is 208 Å². The summed E-state index contributed by atoms with van der Waals surface area (Å²) in [6.07, 6.45) is 0.534. The molecule has 0 radical (unpaired) electrons. The number of anilines is 1. The van der Waals surface area contributed by atoms with Crippen molar-refractivity contribution in [3.05, 3.63) is 92.3 Å². The van der Waals surface area contributed by atoms with Gasteiger partial charge in [0, 0.05) is 38.8 Å². The van der Waals surface area contributed by atoms with E-state index in [9.17, 15) is 9.59 Å². The predicted octanol–water partition coefficient (Wildman–Crippen LogP) is 3.99. The van der Waals surface area contributed by atoms with Crippen molar-refractivity contribution in [1.82, 2.24) is 14.9 Å². The molecule has 0 unspecified atom stereocenters. The number of aromatic nitrogens is 2. The van der Waals surface area contributed by atoms with Crippen LogP contribution in [-0.4, -0.2) is 54.1 Å². The molecule has 1 aliphatic heterocycles. The van der Waals surface area contributed by atoms with Crippen LogP contribution in [0.2, 0.25) is 0 Å². The number of aromatic amines is 1. The largest absolute Gasteiger partial charge is 0.378 e. The lowest BCUT2D eigenvalue weighted by Gasteiger charge is -2.29. The Morgan fingerprint density at radius 1 is 1.09 bits per heavy atom. The average molecular weight is 489 g/mol. The van der Waals surface area contributed by atoms with E-state index in [1.807, 2.05) is 37.3 Å². The van der Waals surface area contributed by atoms with Crippen molar-refractivity contribution in [3.63, 3.8) is 0 Å². The lowest BCUT2D eigenvalue weighted by molar-refractivity contribution is 0.0789. The van der Waals surface area contributed by atoms with Crippen LogP contribution in [0.1, 0.15) is 32.2 Å². The first-order chi connectivity index (χ1) is 17.0. The van der Waals surface area contributed by atoms with Gasteiger partial charge >= 0.3 is 0 Å². The topological polar surface area (TPSA) is 78.5 Å². The van der Waals surface area contributed by atoms with Gasteiger partial charge in [0.25, 0.3) is 11.5 Å². The van der Waals surface area contributed by atoms with Gasteiger partial charge in [0.2, 0.25) is 0 Å². The number of carbonyl (C=O) groups excluding carboxylic acids is 1. The third kappa shape index (κ3) is 4.99. The molecule has 4 aromatic rings. The van der Waals surface area contributed by atoms with E-state index in [2.05, 4.69) is 39.1 Å². The zero-order valence-corrected chi connectivity index (χ0v) is 20.7. The fraction of sp³-hybridized carbons (Fsp3) is 0.296.